The fourth-order valence-corrected chi connectivity index (χ4v) is 1.73. The number of Topliss-reactive ketones (excluding diaryl/α,β-unsaturated/α-hetero) is 1. The number of anilines is 1. The molecule has 0 saturated heterocycles. The smallest absolute Gasteiger partial charge is 0.161 e. The van der Waals surface area contributed by atoms with Crippen molar-refractivity contribution < 1.29 is 13.9 Å². The van der Waals surface area contributed by atoms with Gasteiger partial charge >= 0.3 is 0 Å². The predicted molar refractivity (Wildman–Crippen MR) is 70.7 cm³/mol. The Balaban J connectivity index is 3.09. The third-order valence-corrected chi connectivity index (χ3v) is 2.59. The molecule has 0 aliphatic rings. The minimum atomic E-state index is -0.408. The zero-order valence-electron chi connectivity index (χ0n) is 10.8. The summed E-state index contributed by atoms with van der Waals surface area (Å²) in [5.41, 5.74) is 1.09. The van der Waals surface area contributed by atoms with Gasteiger partial charge in [0.2, 0.25) is 0 Å². The van der Waals surface area contributed by atoms with E-state index in [1.165, 1.54) is 19.1 Å². The standard InChI is InChI=1S/C14H18FNO2/c1-4-7-16(8-9-18-3)14-6-5-12(15)10-13(14)11(2)17/h4-6,10H,1,7-9H2,2-3H3. The number of carbonyl (C=O) groups is 1. The second-order valence-corrected chi connectivity index (χ2v) is 3.95. The van der Waals surface area contributed by atoms with E-state index in [4.69, 9.17) is 4.74 Å². The Morgan fingerprint density at radius 1 is 1.56 bits per heavy atom. The first kappa shape index (κ1) is 14.4. The summed E-state index contributed by atoms with van der Waals surface area (Å²) in [5.74, 6) is -0.565. The number of ketones is 1. The van der Waals surface area contributed by atoms with Crippen molar-refractivity contribution in [2.45, 2.75) is 6.92 Å². The van der Waals surface area contributed by atoms with Crippen molar-refractivity contribution in [1.82, 2.24) is 0 Å². The summed E-state index contributed by atoms with van der Waals surface area (Å²) in [6.45, 7) is 6.84. The molecule has 98 valence electrons. The van der Waals surface area contributed by atoms with E-state index in [2.05, 4.69) is 6.58 Å². The van der Waals surface area contributed by atoms with Gasteiger partial charge in [-0.1, -0.05) is 6.08 Å². The Labute approximate surface area is 107 Å². The number of methoxy groups -OCH3 is 1. The molecule has 1 rings (SSSR count). The van der Waals surface area contributed by atoms with Crippen LogP contribution < -0.4 is 4.90 Å². The van der Waals surface area contributed by atoms with Crippen LogP contribution in [0.15, 0.2) is 30.9 Å². The molecule has 0 saturated carbocycles. The zero-order valence-corrected chi connectivity index (χ0v) is 10.8. The summed E-state index contributed by atoms with van der Waals surface area (Å²) in [6.07, 6.45) is 1.74. The molecule has 0 N–H and O–H groups in total. The predicted octanol–water partition coefficient (Wildman–Crippen LogP) is 2.67. The van der Waals surface area contributed by atoms with E-state index < -0.39 is 5.82 Å². The highest BCUT2D eigenvalue weighted by molar-refractivity contribution is 5.99. The molecule has 0 amide bonds. The number of ether oxygens (including phenoxy) is 1. The van der Waals surface area contributed by atoms with E-state index in [9.17, 15) is 9.18 Å². The molecular formula is C14H18FNO2. The molecule has 18 heavy (non-hydrogen) atoms. The van der Waals surface area contributed by atoms with Crippen LogP contribution in [-0.4, -0.2) is 32.6 Å². The van der Waals surface area contributed by atoms with Gasteiger partial charge in [-0.25, -0.2) is 4.39 Å². The molecule has 0 unspecified atom stereocenters. The van der Waals surface area contributed by atoms with Crippen LogP contribution in [0, 0.1) is 5.82 Å². The Morgan fingerprint density at radius 2 is 2.28 bits per heavy atom. The first-order valence-corrected chi connectivity index (χ1v) is 5.75. The van der Waals surface area contributed by atoms with Crippen molar-refractivity contribution in [2.24, 2.45) is 0 Å². The molecule has 0 heterocycles. The summed E-state index contributed by atoms with van der Waals surface area (Å²) in [7, 11) is 1.61. The SMILES string of the molecule is C=CCN(CCOC)c1ccc(F)cc1C(C)=O. The van der Waals surface area contributed by atoms with Gasteiger partial charge < -0.3 is 9.64 Å². The Kier molecular flexibility index (Phi) is 5.52. The van der Waals surface area contributed by atoms with Crippen LogP contribution in [0.2, 0.25) is 0 Å². The number of carbonyl (C=O) groups excluding carboxylic acids is 1. The lowest BCUT2D eigenvalue weighted by atomic mass is 10.1. The third kappa shape index (κ3) is 3.67. The number of rotatable bonds is 7. The van der Waals surface area contributed by atoms with Crippen molar-refractivity contribution in [1.29, 1.82) is 0 Å². The first-order chi connectivity index (χ1) is 8.60. The van der Waals surface area contributed by atoms with Gasteiger partial charge in [-0.3, -0.25) is 4.79 Å². The molecule has 0 radical (unpaired) electrons. The van der Waals surface area contributed by atoms with Crippen LogP contribution in [0.4, 0.5) is 10.1 Å². The highest BCUT2D eigenvalue weighted by atomic mass is 19.1. The van der Waals surface area contributed by atoms with Gasteiger partial charge in [-0.2, -0.15) is 0 Å². The topological polar surface area (TPSA) is 29.5 Å². The van der Waals surface area contributed by atoms with Crippen LogP contribution in [-0.2, 0) is 4.74 Å². The fraction of sp³-hybridized carbons (Fsp3) is 0.357. The minimum absolute atomic E-state index is 0.157. The zero-order chi connectivity index (χ0) is 13.5. The fourth-order valence-electron chi connectivity index (χ4n) is 1.73. The average Bonchev–Trinajstić information content (AvgIpc) is 2.34. The Morgan fingerprint density at radius 3 is 2.83 bits per heavy atom. The summed E-state index contributed by atoms with van der Waals surface area (Å²) < 4.78 is 18.2. The second-order valence-electron chi connectivity index (χ2n) is 3.95. The Hall–Kier alpha value is -1.68. The number of hydrogen-bond donors (Lipinski definition) is 0. The van der Waals surface area contributed by atoms with E-state index in [1.54, 1.807) is 19.3 Å². The van der Waals surface area contributed by atoms with Gasteiger partial charge in [-0.15, -0.1) is 6.58 Å². The van der Waals surface area contributed by atoms with Crippen molar-refractivity contribution in [3.63, 3.8) is 0 Å². The molecule has 4 heteroatoms. The maximum absolute atomic E-state index is 13.2. The van der Waals surface area contributed by atoms with Gasteiger partial charge in [0.25, 0.3) is 0 Å². The molecule has 3 nitrogen and oxygen atoms in total. The molecule has 0 atom stereocenters. The third-order valence-electron chi connectivity index (χ3n) is 2.59. The van der Waals surface area contributed by atoms with E-state index in [-0.39, 0.29) is 5.78 Å². The van der Waals surface area contributed by atoms with Crippen LogP contribution in [0.5, 0.6) is 0 Å². The van der Waals surface area contributed by atoms with Crippen molar-refractivity contribution >= 4 is 11.5 Å². The highest BCUT2D eigenvalue weighted by Crippen LogP contribution is 2.22. The lowest BCUT2D eigenvalue weighted by Crippen LogP contribution is -2.28. The maximum Gasteiger partial charge on any atom is 0.161 e. The summed E-state index contributed by atoms with van der Waals surface area (Å²) in [4.78, 5) is 13.5. The van der Waals surface area contributed by atoms with Gasteiger partial charge in [0.1, 0.15) is 5.82 Å². The highest BCUT2D eigenvalue weighted by Gasteiger charge is 2.14. The lowest BCUT2D eigenvalue weighted by Gasteiger charge is -2.25. The van der Waals surface area contributed by atoms with Gasteiger partial charge in [-0.05, 0) is 25.1 Å². The maximum atomic E-state index is 13.2. The second kappa shape index (κ2) is 6.91. The summed E-state index contributed by atoms with van der Waals surface area (Å²) >= 11 is 0. The number of nitrogens with zero attached hydrogens (tertiary/aromatic N) is 1. The van der Waals surface area contributed by atoms with E-state index in [1.807, 2.05) is 4.90 Å². The summed E-state index contributed by atoms with van der Waals surface area (Å²) in [5, 5.41) is 0. The van der Waals surface area contributed by atoms with Crippen LogP contribution >= 0.6 is 0 Å². The van der Waals surface area contributed by atoms with Crippen LogP contribution in [0.3, 0.4) is 0 Å². The number of halogens is 1. The Bertz CT molecular complexity index is 432. The van der Waals surface area contributed by atoms with E-state index in [0.717, 1.165) is 0 Å². The average molecular weight is 251 g/mol. The largest absolute Gasteiger partial charge is 0.383 e. The van der Waals surface area contributed by atoms with Crippen molar-refractivity contribution in [2.75, 3.05) is 31.7 Å². The minimum Gasteiger partial charge on any atom is -0.383 e. The molecule has 0 aliphatic heterocycles. The first-order valence-electron chi connectivity index (χ1n) is 5.75. The van der Waals surface area contributed by atoms with Gasteiger partial charge in [0.15, 0.2) is 5.78 Å². The molecule has 0 aliphatic carbocycles. The van der Waals surface area contributed by atoms with Crippen molar-refractivity contribution in [3.05, 3.63) is 42.2 Å². The van der Waals surface area contributed by atoms with Gasteiger partial charge in [0, 0.05) is 31.5 Å². The van der Waals surface area contributed by atoms with E-state index >= 15 is 0 Å². The van der Waals surface area contributed by atoms with Crippen LogP contribution in [0.1, 0.15) is 17.3 Å². The molecular weight excluding hydrogens is 233 g/mol. The number of hydrogen-bond acceptors (Lipinski definition) is 3. The molecule has 1 aromatic rings. The molecule has 0 spiro atoms. The summed E-state index contributed by atoms with van der Waals surface area (Å²) in [6, 6.07) is 4.23. The quantitative estimate of drug-likeness (QED) is 0.551. The van der Waals surface area contributed by atoms with Gasteiger partial charge in [0.05, 0.1) is 6.61 Å². The molecule has 0 aromatic heterocycles. The number of benzene rings is 1. The molecule has 0 fully saturated rings. The van der Waals surface area contributed by atoms with Crippen LogP contribution in [0.25, 0.3) is 0 Å². The monoisotopic (exact) mass is 251 g/mol. The normalized spacial score (nSPS) is 10.2. The van der Waals surface area contributed by atoms with Crippen molar-refractivity contribution in [3.8, 4) is 0 Å². The lowest BCUT2D eigenvalue weighted by molar-refractivity contribution is 0.101. The molecule has 1 aromatic carbocycles. The molecule has 0 bridgehead atoms. The van der Waals surface area contributed by atoms with E-state index in [0.29, 0.717) is 30.9 Å².